The van der Waals surface area contributed by atoms with Crippen molar-refractivity contribution in [1.29, 1.82) is 0 Å². The van der Waals surface area contributed by atoms with Gasteiger partial charge in [0.15, 0.2) is 0 Å². The third kappa shape index (κ3) is 5.19. The second-order valence-corrected chi connectivity index (χ2v) is 9.26. The first-order valence-electron chi connectivity index (χ1n) is 11.6. The van der Waals surface area contributed by atoms with Crippen LogP contribution in [0.25, 0.3) is 6.08 Å². The zero-order valence-electron chi connectivity index (χ0n) is 18.8. The normalized spacial score (nSPS) is 27.3. The summed E-state index contributed by atoms with van der Waals surface area (Å²) in [6.45, 7) is 6.50. The second kappa shape index (κ2) is 9.83. The van der Waals surface area contributed by atoms with E-state index in [1.165, 1.54) is 5.56 Å². The highest BCUT2D eigenvalue weighted by molar-refractivity contribution is 6.08. The number of carbonyl (C=O) groups excluding carboxylic acids is 3. The quantitative estimate of drug-likeness (QED) is 0.661. The Morgan fingerprint density at radius 3 is 2.44 bits per heavy atom. The Labute approximate surface area is 189 Å². The highest BCUT2D eigenvalue weighted by Gasteiger charge is 2.52. The fraction of sp³-hybridized carbons (Fsp3) is 0.542. The first-order chi connectivity index (χ1) is 15.4. The van der Waals surface area contributed by atoms with Gasteiger partial charge in [0, 0.05) is 32.7 Å². The van der Waals surface area contributed by atoms with E-state index in [9.17, 15) is 14.4 Å². The van der Waals surface area contributed by atoms with Crippen LogP contribution in [-0.2, 0) is 9.59 Å². The van der Waals surface area contributed by atoms with E-state index in [2.05, 4.69) is 51.8 Å². The second-order valence-electron chi connectivity index (χ2n) is 9.26. The number of piperazine rings is 1. The maximum absolute atomic E-state index is 12.9. The first-order valence-corrected chi connectivity index (χ1v) is 11.6. The van der Waals surface area contributed by atoms with Crippen LogP contribution in [0.3, 0.4) is 0 Å². The number of hydrogen-bond acceptors (Lipinski definition) is 5. The summed E-state index contributed by atoms with van der Waals surface area (Å²) in [5.41, 5.74) is 2.89. The largest absolute Gasteiger partial charge is 0.344 e. The van der Waals surface area contributed by atoms with Crippen LogP contribution in [0.15, 0.2) is 36.4 Å². The predicted molar refractivity (Wildman–Crippen MR) is 122 cm³/mol. The van der Waals surface area contributed by atoms with Crippen LogP contribution in [0.4, 0.5) is 4.79 Å². The fourth-order valence-corrected chi connectivity index (χ4v) is 4.71. The zero-order chi connectivity index (χ0) is 22.6. The molecule has 1 aromatic rings. The molecule has 0 atom stereocenters. The predicted octanol–water partition coefficient (Wildman–Crippen LogP) is 1.85. The number of imide groups is 1. The van der Waals surface area contributed by atoms with Gasteiger partial charge < -0.3 is 5.32 Å². The molecule has 4 rings (SSSR count). The first kappa shape index (κ1) is 22.5. The highest BCUT2D eigenvalue weighted by atomic mass is 16.2. The molecule has 4 amide bonds. The van der Waals surface area contributed by atoms with Crippen molar-refractivity contribution in [2.75, 3.05) is 39.3 Å². The van der Waals surface area contributed by atoms with Gasteiger partial charge in [-0.3, -0.25) is 24.8 Å². The lowest BCUT2D eigenvalue weighted by molar-refractivity contribution is -0.140. The number of benzene rings is 1. The van der Waals surface area contributed by atoms with Crippen LogP contribution in [0.1, 0.15) is 38.2 Å². The SMILES string of the molecule is CC1CCC2(CC1)NC(=O)N(NC(=O)CN1CCN(C/C=C/c3ccccc3)CC1)C2=O. The Kier molecular flexibility index (Phi) is 6.91. The van der Waals surface area contributed by atoms with Gasteiger partial charge in [-0.25, -0.2) is 4.79 Å². The summed E-state index contributed by atoms with van der Waals surface area (Å²) >= 11 is 0. The molecule has 0 aromatic heterocycles. The van der Waals surface area contributed by atoms with E-state index < -0.39 is 11.6 Å². The number of hydrazine groups is 1. The van der Waals surface area contributed by atoms with Gasteiger partial charge in [-0.2, -0.15) is 5.01 Å². The minimum Gasteiger partial charge on any atom is -0.322 e. The maximum atomic E-state index is 12.9. The third-order valence-corrected chi connectivity index (χ3v) is 6.83. The van der Waals surface area contributed by atoms with Gasteiger partial charge in [0.1, 0.15) is 5.54 Å². The molecule has 2 saturated heterocycles. The standard InChI is InChI=1S/C24H33N5O3/c1-19-9-11-24(12-10-19)22(31)29(23(32)25-24)26-21(30)18-28-16-14-27(15-17-28)13-5-8-20-6-3-2-4-7-20/h2-8,19H,9-18H2,1H3,(H,25,32)(H,26,30)/b8-5+. The van der Waals surface area contributed by atoms with E-state index in [0.29, 0.717) is 18.8 Å². The van der Waals surface area contributed by atoms with E-state index in [1.54, 1.807) is 0 Å². The number of nitrogens with one attached hydrogen (secondary N) is 2. The molecule has 172 valence electrons. The number of urea groups is 1. The van der Waals surface area contributed by atoms with Gasteiger partial charge in [0.05, 0.1) is 6.54 Å². The average Bonchev–Trinajstić information content (AvgIpc) is 3.02. The molecule has 2 N–H and O–H groups in total. The lowest BCUT2D eigenvalue weighted by Crippen LogP contribution is -2.54. The minimum atomic E-state index is -0.838. The Morgan fingerprint density at radius 1 is 1.09 bits per heavy atom. The molecule has 0 bridgehead atoms. The number of amides is 4. The van der Waals surface area contributed by atoms with Gasteiger partial charge >= 0.3 is 6.03 Å². The van der Waals surface area contributed by atoms with Crippen molar-refractivity contribution in [3.05, 3.63) is 42.0 Å². The fourth-order valence-electron chi connectivity index (χ4n) is 4.71. The van der Waals surface area contributed by atoms with Crippen LogP contribution >= 0.6 is 0 Å². The van der Waals surface area contributed by atoms with Crippen LogP contribution in [0, 0.1) is 5.92 Å². The van der Waals surface area contributed by atoms with Gasteiger partial charge in [-0.05, 0) is 37.2 Å². The van der Waals surface area contributed by atoms with E-state index in [-0.39, 0.29) is 18.4 Å². The molecule has 1 aromatic carbocycles. The zero-order valence-corrected chi connectivity index (χ0v) is 18.8. The monoisotopic (exact) mass is 439 g/mol. The van der Waals surface area contributed by atoms with Crippen LogP contribution in [0.5, 0.6) is 0 Å². The molecule has 3 aliphatic rings. The van der Waals surface area contributed by atoms with Crippen molar-refractivity contribution in [3.63, 3.8) is 0 Å². The summed E-state index contributed by atoms with van der Waals surface area (Å²) < 4.78 is 0. The molecule has 1 aliphatic carbocycles. The van der Waals surface area contributed by atoms with Crippen molar-refractivity contribution in [1.82, 2.24) is 25.6 Å². The van der Waals surface area contributed by atoms with E-state index in [0.717, 1.165) is 50.6 Å². The van der Waals surface area contributed by atoms with Gasteiger partial charge in [0.2, 0.25) is 0 Å². The van der Waals surface area contributed by atoms with Gasteiger partial charge in [-0.1, -0.05) is 49.4 Å². The molecule has 2 aliphatic heterocycles. The summed E-state index contributed by atoms with van der Waals surface area (Å²) in [6.07, 6.45) is 7.35. The lowest BCUT2D eigenvalue weighted by Gasteiger charge is -2.34. The van der Waals surface area contributed by atoms with Gasteiger partial charge in [-0.15, -0.1) is 0 Å². The number of carbonyl (C=O) groups is 3. The van der Waals surface area contributed by atoms with E-state index in [4.69, 9.17) is 0 Å². The molecular formula is C24H33N5O3. The lowest BCUT2D eigenvalue weighted by atomic mass is 9.77. The highest BCUT2D eigenvalue weighted by Crippen LogP contribution is 2.35. The van der Waals surface area contributed by atoms with Gasteiger partial charge in [0.25, 0.3) is 11.8 Å². The summed E-state index contributed by atoms with van der Waals surface area (Å²) in [6, 6.07) is 9.70. The van der Waals surface area contributed by atoms with Crippen LogP contribution < -0.4 is 10.7 Å². The average molecular weight is 440 g/mol. The van der Waals surface area contributed by atoms with Crippen LogP contribution in [0.2, 0.25) is 0 Å². The summed E-state index contributed by atoms with van der Waals surface area (Å²) in [7, 11) is 0. The van der Waals surface area contributed by atoms with E-state index >= 15 is 0 Å². The molecule has 8 heteroatoms. The molecule has 1 saturated carbocycles. The summed E-state index contributed by atoms with van der Waals surface area (Å²) in [5, 5.41) is 3.72. The maximum Gasteiger partial charge on any atom is 0.344 e. The Balaban J connectivity index is 1.20. The Hall–Kier alpha value is -2.71. The number of nitrogens with zero attached hydrogens (tertiary/aromatic N) is 3. The molecule has 3 fully saturated rings. The van der Waals surface area contributed by atoms with Crippen molar-refractivity contribution < 1.29 is 14.4 Å². The Morgan fingerprint density at radius 2 is 1.75 bits per heavy atom. The van der Waals surface area contributed by atoms with E-state index in [1.807, 2.05) is 18.2 Å². The summed E-state index contributed by atoms with van der Waals surface area (Å²) in [5.74, 6) is -0.0913. The molecule has 32 heavy (non-hydrogen) atoms. The number of hydrogen-bond donors (Lipinski definition) is 2. The molecule has 0 radical (unpaired) electrons. The third-order valence-electron chi connectivity index (χ3n) is 6.83. The Bertz CT molecular complexity index is 856. The molecule has 1 spiro atoms. The number of rotatable bonds is 6. The topological polar surface area (TPSA) is 85.0 Å². The molecule has 2 heterocycles. The van der Waals surface area contributed by atoms with Crippen molar-refractivity contribution in [2.45, 2.75) is 38.1 Å². The van der Waals surface area contributed by atoms with Crippen molar-refractivity contribution in [2.24, 2.45) is 5.92 Å². The molecular weight excluding hydrogens is 406 g/mol. The molecule has 0 unspecified atom stereocenters. The smallest absolute Gasteiger partial charge is 0.322 e. The minimum absolute atomic E-state index is 0.175. The summed E-state index contributed by atoms with van der Waals surface area (Å²) in [4.78, 5) is 42.2. The van der Waals surface area contributed by atoms with Crippen molar-refractivity contribution in [3.8, 4) is 0 Å². The van der Waals surface area contributed by atoms with Crippen LogP contribution in [-0.4, -0.2) is 77.5 Å². The van der Waals surface area contributed by atoms with Crippen molar-refractivity contribution >= 4 is 23.9 Å². The molecule has 8 nitrogen and oxygen atoms in total.